The zero-order valence-corrected chi connectivity index (χ0v) is 13.1. The van der Waals surface area contributed by atoms with Crippen molar-refractivity contribution in [2.24, 2.45) is 0 Å². The minimum atomic E-state index is -0.793. The Kier molecular flexibility index (Phi) is 4.33. The normalized spacial score (nSPS) is 12.3. The summed E-state index contributed by atoms with van der Waals surface area (Å²) < 4.78 is 18.5. The number of hydrogen-bond acceptors (Lipinski definition) is 2. The van der Waals surface area contributed by atoms with Crippen LogP contribution in [0, 0.1) is 33.5 Å². The first kappa shape index (κ1) is 15.5. The molecule has 21 heavy (non-hydrogen) atoms. The first-order valence-corrected chi connectivity index (χ1v) is 6.95. The number of halogens is 1. The number of aryl methyl sites for hydroxylation is 2. The highest BCUT2D eigenvalue weighted by molar-refractivity contribution is 5.48. The Balaban J connectivity index is 2.57. The highest BCUT2D eigenvalue weighted by atomic mass is 19.1. The van der Waals surface area contributed by atoms with Gasteiger partial charge in [0.05, 0.1) is 7.11 Å². The lowest BCUT2D eigenvalue weighted by atomic mass is 9.88. The maximum atomic E-state index is 13.5. The van der Waals surface area contributed by atoms with Gasteiger partial charge < -0.3 is 9.84 Å². The molecule has 0 bridgehead atoms. The number of benzene rings is 2. The van der Waals surface area contributed by atoms with Gasteiger partial charge in [-0.15, -0.1) is 0 Å². The SMILES string of the molecule is COc1cc(C(O)c2c(C)c(C)cc(C)c2C)ccc1F. The van der Waals surface area contributed by atoms with Crippen LogP contribution in [0.15, 0.2) is 24.3 Å². The molecular weight excluding hydrogens is 267 g/mol. The summed E-state index contributed by atoms with van der Waals surface area (Å²) in [6, 6.07) is 6.59. The lowest BCUT2D eigenvalue weighted by Crippen LogP contribution is -2.08. The molecule has 2 nitrogen and oxygen atoms in total. The Morgan fingerprint density at radius 3 is 2.10 bits per heavy atom. The lowest BCUT2D eigenvalue weighted by Gasteiger charge is -2.21. The van der Waals surface area contributed by atoms with E-state index in [1.54, 1.807) is 12.1 Å². The van der Waals surface area contributed by atoms with E-state index in [-0.39, 0.29) is 5.75 Å². The molecular formula is C18H21FO2. The Morgan fingerprint density at radius 1 is 1.00 bits per heavy atom. The van der Waals surface area contributed by atoms with E-state index < -0.39 is 11.9 Å². The molecule has 0 aromatic heterocycles. The zero-order chi connectivity index (χ0) is 15.7. The third-order valence-corrected chi connectivity index (χ3v) is 4.19. The summed E-state index contributed by atoms with van der Waals surface area (Å²) in [5.41, 5.74) is 5.93. The lowest BCUT2D eigenvalue weighted by molar-refractivity contribution is 0.217. The average Bonchev–Trinajstić information content (AvgIpc) is 2.45. The molecule has 0 aliphatic rings. The van der Waals surface area contributed by atoms with Crippen LogP contribution in [0.25, 0.3) is 0 Å². The molecule has 0 aliphatic heterocycles. The van der Waals surface area contributed by atoms with E-state index in [9.17, 15) is 9.50 Å². The van der Waals surface area contributed by atoms with Crippen molar-refractivity contribution in [3.05, 3.63) is 63.5 Å². The fraction of sp³-hybridized carbons (Fsp3) is 0.333. The molecule has 0 saturated carbocycles. The number of ether oxygens (including phenoxy) is 1. The molecule has 0 fully saturated rings. The second kappa shape index (κ2) is 5.86. The highest BCUT2D eigenvalue weighted by Gasteiger charge is 2.19. The van der Waals surface area contributed by atoms with E-state index in [1.165, 1.54) is 13.2 Å². The fourth-order valence-electron chi connectivity index (χ4n) is 2.67. The molecule has 3 heteroatoms. The maximum Gasteiger partial charge on any atom is 0.165 e. The summed E-state index contributed by atoms with van der Waals surface area (Å²) in [4.78, 5) is 0. The number of hydrogen-bond donors (Lipinski definition) is 1. The molecule has 0 spiro atoms. The predicted octanol–water partition coefficient (Wildman–Crippen LogP) is 4.15. The molecule has 0 aliphatic carbocycles. The average molecular weight is 288 g/mol. The smallest absolute Gasteiger partial charge is 0.165 e. The monoisotopic (exact) mass is 288 g/mol. The molecule has 2 aromatic carbocycles. The molecule has 2 rings (SSSR count). The van der Waals surface area contributed by atoms with E-state index in [1.807, 2.05) is 27.7 Å². The van der Waals surface area contributed by atoms with Crippen molar-refractivity contribution in [1.29, 1.82) is 0 Å². The van der Waals surface area contributed by atoms with Gasteiger partial charge >= 0.3 is 0 Å². The van der Waals surface area contributed by atoms with Crippen LogP contribution in [0.5, 0.6) is 5.75 Å². The van der Waals surface area contributed by atoms with E-state index in [0.717, 1.165) is 27.8 Å². The van der Waals surface area contributed by atoms with Gasteiger partial charge in [0.15, 0.2) is 11.6 Å². The Hall–Kier alpha value is -1.87. The molecule has 0 heterocycles. The number of aliphatic hydroxyl groups excluding tert-OH is 1. The second-order valence-electron chi connectivity index (χ2n) is 5.47. The third kappa shape index (κ3) is 2.79. The fourth-order valence-corrected chi connectivity index (χ4v) is 2.67. The topological polar surface area (TPSA) is 29.5 Å². The van der Waals surface area contributed by atoms with Crippen molar-refractivity contribution >= 4 is 0 Å². The number of methoxy groups -OCH3 is 1. The van der Waals surface area contributed by atoms with Gasteiger partial charge in [-0.25, -0.2) is 4.39 Å². The number of aliphatic hydroxyl groups is 1. The standard InChI is InChI=1S/C18H21FO2/c1-10-8-11(2)13(4)17(12(10)3)18(20)14-6-7-15(19)16(9-14)21-5/h6-9,18,20H,1-5H3. The molecule has 0 radical (unpaired) electrons. The second-order valence-corrected chi connectivity index (χ2v) is 5.47. The summed E-state index contributed by atoms with van der Waals surface area (Å²) in [7, 11) is 1.42. The van der Waals surface area contributed by atoms with E-state index in [0.29, 0.717) is 5.56 Å². The Labute approximate surface area is 125 Å². The first-order valence-electron chi connectivity index (χ1n) is 6.95. The summed E-state index contributed by atoms with van der Waals surface area (Å²) in [5, 5.41) is 10.7. The number of rotatable bonds is 3. The van der Waals surface area contributed by atoms with Crippen molar-refractivity contribution < 1.29 is 14.2 Å². The molecule has 1 N–H and O–H groups in total. The van der Waals surface area contributed by atoms with E-state index in [2.05, 4.69) is 6.07 Å². The van der Waals surface area contributed by atoms with Crippen molar-refractivity contribution in [1.82, 2.24) is 0 Å². The largest absolute Gasteiger partial charge is 0.494 e. The van der Waals surface area contributed by atoms with Gasteiger partial charge in [-0.3, -0.25) is 0 Å². The molecule has 1 unspecified atom stereocenters. The molecule has 112 valence electrons. The minimum absolute atomic E-state index is 0.145. The van der Waals surface area contributed by atoms with Crippen molar-refractivity contribution in [3.8, 4) is 5.75 Å². The van der Waals surface area contributed by atoms with Crippen LogP contribution in [0.2, 0.25) is 0 Å². The molecule has 0 amide bonds. The van der Waals surface area contributed by atoms with Gasteiger partial charge in [-0.05, 0) is 73.2 Å². The summed E-state index contributed by atoms with van der Waals surface area (Å²) >= 11 is 0. The Morgan fingerprint density at radius 2 is 1.57 bits per heavy atom. The molecule has 0 saturated heterocycles. The Bertz CT molecular complexity index is 651. The van der Waals surface area contributed by atoms with Crippen molar-refractivity contribution in [2.45, 2.75) is 33.8 Å². The van der Waals surface area contributed by atoms with E-state index >= 15 is 0 Å². The van der Waals surface area contributed by atoms with Gasteiger partial charge in [0.1, 0.15) is 6.10 Å². The highest BCUT2D eigenvalue weighted by Crippen LogP contribution is 2.33. The summed E-state index contributed by atoms with van der Waals surface area (Å²) in [6.45, 7) is 8.06. The first-order chi connectivity index (χ1) is 9.86. The zero-order valence-electron chi connectivity index (χ0n) is 13.1. The molecule has 1 atom stereocenters. The van der Waals surface area contributed by atoms with Gasteiger partial charge in [-0.1, -0.05) is 12.1 Å². The van der Waals surface area contributed by atoms with Gasteiger partial charge in [-0.2, -0.15) is 0 Å². The van der Waals surface area contributed by atoms with Crippen LogP contribution in [0.4, 0.5) is 4.39 Å². The summed E-state index contributed by atoms with van der Waals surface area (Å²) in [6.07, 6.45) is -0.793. The minimum Gasteiger partial charge on any atom is -0.494 e. The van der Waals surface area contributed by atoms with Crippen molar-refractivity contribution in [3.63, 3.8) is 0 Å². The predicted molar refractivity (Wildman–Crippen MR) is 82.4 cm³/mol. The summed E-state index contributed by atoms with van der Waals surface area (Å²) in [5.74, 6) is -0.284. The third-order valence-electron chi connectivity index (χ3n) is 4.19. The van der Waals surface area contributed by atoms with Crippen LogP contribution in [0.1, 0.15) is 39.5 Å². The van der Waals surface area contributed by atoms with Gasteiger partial charge in [0, 0.05) is 0 Å². The van der Waals surface area contributed by atoms with E-state index in [4.69, 9.17) is 4.74 Å². The quantitative estimate of drug-likeness (QED) is 0.919. The maximum absolute atomic E-state index is 13.5. The van der Waals surface area contributed by atoms with Crippen molar-refractivity contribution in [2.75, 3.05) is 7.11 Å². The van der Waals surface area contributed by atoms with Crippen LogP contribution in [-0.4, -0.2) is 12.2 Å². The van der Waals surface area contributed by atoms with Crippen LogP contribution < -0.4 is 4.74 Å². The van der Waals surface area contributed by atoms with Crippen LogP contribution >= 0.6 is 0 Å². The van der Waals surface area contributed by atoms with Crippen LogP contribution in [-0.2, 0) is 0 Å². The molecule has 2 aromatic rings. The van der Waals surface area contributed by atoms with Gasteiger partial charge in [0.25, 0.3) is 0 Å². The van der Waals surface area contributed by atoms with Gasteiger partial charge in [0.2, 0.25) is 0 Å². The van der Waals surface area contributed by atoms with Crippen LogP contribution in [0.3, 0.4) is 0 Å².